The molecule has 0 spiro atoms. The first-order valence-corrected chi connectivity index (χ1v) is 6.47. The Bertz CT molecular complexity index is 639. The van der Waals surface area contributed by atoms with Crippen LogP contribution in [0.2, 0.25) is 0 Å². The summed E-state index contributed by atoms with van der Waals surface area (Å²) in [6.07, 6.45) is 0. The van der Waals surface area contributed by atoms with Crippen molar-refractivity contribution >= 4 is 5.82 Å². The van der Waals surface area contributed by atoms with Crippen LogP contribution in [0.5, 0.6) is 0 Å². The van der Waals surface area contributed by atoms with Crippen molar-refractivity contribution in [3.05, 3.63) is 45.5 Å². The van der Waals surface area contributed by atoms with Gasteiger partial charge in [0.15, 0.2) is 0 Å². The fraction of sp³-hybridized carbons (Fsp3) is 0.429. The Morgan fingerprint density at radius 3 is 2.68 bits per heavy atom. The lowest BCUT2D eigenvalue weighted by molar-refractivity contribution is 0.726. The molecule has 0 aliphatic heterocycles. The molecule has 102 valence electrons. The van der Waals surface area contributed by atoms with Gasteiger partial charge in [0.1, 0.15) is 5.82 Å². The van der Waals surface area contributed by atoms with Crippen LogP contribution in [0.25, 0.3) is 0 Å². The first-order chi connectivity index (χ1) is 9.04. The number of rotatable bonds is 4. The predicted octanol–water partition coefficient (Wildman–Crippen LogP) is 1.68. The van der Waals surface area contributed by atoms with Crippen molar-refractivity contribution in [1.82, 2.24) is 14.3 Å². The van der Waals surface area contributed by atoms with E-state index in [1.54, 1.807) is 16.7 Å². The maximum Gasteiger partial charge on any atom is 0.251 e. The largest absolute Gasteiger partial charge is 0.370 e. The van der Waals surface area contributed by atoms with Gasteiger partial charge in [-0.1, -0.05) is 6.07 Å². The molecule has 0 aliphatic rings. The lowest BCUT2D eigenvalue weighted by Gasteiger charge is -2.12. The van der Waals surface area contributed by atoms with Crippen LogP contribution in [0.4, 0.5) is 5.82 Å². The van der Waals surface area contributed by atoms with Crippen molar-refractivity contribution in [2.24, 2.45) is 7.05 Å². The Balaban J connectivity index is 2.46. The molecule has 0 saturated heterocycles. The van der Waals surface area contributed by atoms with Gasteiger partial charge in [-0.3, -0.25) is 9.48 Å². The highest BCUT2D eigenvalue weighted by atomic mass is 16.1. The first kappa shape index (κ1) is 13.4. The second-order valence-corrected chi connectivity index (χ2v) is 4.66. The number of hydrogen-bond donors (Lipinski definition) is 1. The number of hydrogen-bond acceptors (Lipinski definition) is 3. The Hall–Kier alpha value is -2.04. The molecule has 2 aromatic heterocycles. The molecule has 0 radical (unpaired) electrons. The predicted molar refractivity (Wildman–Crippen MR) is 76.6 cm³/mol. The maximum atomic E-state index is 11.9. The van der Waals surface area contributed by atoms with Gasteiger partial charge in [-0.15, -0.1) is 0 Å². The standard InChI is InChI=1S/C14H20N4O/c1-5-15-14-12(11(3)16-17(14)4)9-18-10(2)7-6-8-13(18)19/h6-8,15H,5,9H2,1-4H3. The van der Waals surface area contributed by atoms with Crippen LogP contribution < -0.4 is 10.9 Å². The molecular formula is C14H20N4O. The molecular weight excluding hydrogens is 240 g/mol. The minimum Gasteiger partial charge on any atom is -0.370 e. The van der Waals surface area contributed by atoms with Crippen LogP contribution in [-0.2, 0) is 13.6 Å². The van der Waals surface area contributed by atoms with E-state index in [1.165, 1.54) is 0 Å². The molecule has 2 aromatic rings. The van der Waals surface area contributed by atoms with E-state index in [4.69, 9.17) is 0 Å². The van der Waals surface area contributed by atoms with Gasteiger partial charge in [0.05, 0.1) is 12.2 Å². The van der Waals surface area contributed by atoms with Gasteiger partial charge < -0.3 is 9.88 Å². The topological polar surface area (TPSA) is 51.9 Å². The summed E-state index contributed by atoms with van der Waals surface area (Å²) in [7, 11) is 1.91. The monoisotopic (exact) mass is 260 g/mol. The summed E-state index contributed by atoms with van der Waals surface area (Å²) in [5, 5.41) is 7.73. The summed E-state index contributed by atoms with van der Waals surface area (Å²) in [5.74, 6) is 0.982. The highest BCUT2D eigenvalue weighted by molar-refractivity contribution is 5.47. The number of nitrogens with zero attached hydrogens (tertiary/aromatic N) is 3. The van der Waals surface area contributed by atoms with Crippen molar-refractivity contribution in [2.45, 2.75) is 27.3 Å². The van der Waals surface area contributed by atoms with E-state index >= 15 is 0 Å². The molecule has 0 unspecified atom stereocenters. The summed E-state index contributed by atoms with van der Waals surface area (Å²) in [5.41, 5.74) is 3.00. The molecule has 2 heterocycles. The SMILES string of the molecule is CCNc1c(Cn2c(C)cccc2=O)c(C)nn1C. The van der Waals surface area contributed by atoms with E-state index in [-0.39, 0.29) is 5.56 Å². The van der Waals surface area contributed by atoms with Crippen LogP contribution in [0, 0.1) is 13.8 Å². The highest BCUT2D eigenvalue weighted by Crippen LogP contribution is 2.19. The Morgan fingerprint density at radius 2 is 2.05 bits per heavy atom. The molecule has 0 atom stereocenters. The van der Waals surface area contributed by atoms with Crippen molar-refractivity contribution in [1.29, 1.82) is 0 Å². The molecule has 5 heteroatoms. The molecule has 0 saturated carbocycles. The first-order valence-electron chi connectivity index (χ1n) is 6.47. The van der Waals surface area contributed by atoms with E-state index in [9.17, 15) is 4.79 Å². The van der Waals surface area contributed by atoms with Crippen molar-refractivity contribution in [2.75, 3.05) is 11.9 Å². The quantitative estimate of drug-likeness (QED) is 0.910. The minimum atomic E-state index is 0.0192. The molecule has 2 rings (SSSR count). The van der Waals surface area contributed by atoms with Gasteiger partial charge >= 0.3 is 0 Å². The molecule has 1 N–H and O–H groups in total. The van der Waals surface area contributed by atoms with E-state index in [0.29, 0.717) is 6.54 Å². The number of pyridine rings is 1. The highest BCUT2D eigenvalue weighted by Gasteiger charge is 2.14. The molecule has 5 nitrogen and oxygen atoms in total. The van der Waals surface area contributed by atoms with E-state index in [1.807, 2.05) is 38.6 Å². The third-order valence-corrected chi connectivity index (χ3v) is 3.27. The number of nitrogens with one attached hydrogen (secondary N) is 1. The minimum absolute atomic E-state index is 0.0192. The third kappa shape index (κ3) is 2.54. The van der Waals surface area contributed by atoms with Gasteiger partial charge in [-0.05, 0) is 26.8 Å². The van der Waals surface area contributed by atoms with Gasteiger partial charge in [-0.25, -0.2) is 0 Å². The average Bonchev–Trinajstić information content (AvgIpc) is 2.61. The van der Waals surface area contributed by atoms with Gasteiger partial charge in [0, 0.05) is 30.9 Å². The van der Waals surface area contributed by atoms with E-state index in [0.717, 1.165) is 29.3 Å². The summed E-state index contributed by atoms with van der Waals surface area (Å²) in [6.45, 7) is 7.34. The molecule has 0 fully saturated rings. The summed E-state index contributed by atoms with van der Waals surface area (Å²) in [6, 6.07) is 5.32. The zero-order valence-corrected chi connectivity index (χ0v) is 11.9. The normalized spacial score (nSPS) is 10.7. The Kier molecular flexibility index (Phi) is 3.74. The fourth-order valence-electron chi connectivity index (χ4n) is 2.26. The molecule has 0 aromatic carbocycles. The van der Waals surface area contributed by atoms with E-state index < -0.39 is 0 Å². The van der Waals surface area contributed by atoms with E-state index in [2.05, 4.69) is 10.4 Å². The lowest BCUT2D eigenvalue weighted by Crippen LogP contribution is -2.22. The zero-order valence-electron chi connectivity index (χ0n) is 11.9. The summed E-state index contributed by atoms with van der Waals surface area (Å²) >= 11 is 0. The van der Waals surface area contributed by atoms with Crippen molar-refractivity contribution in [3.63, 3.8) is 0 Å². The lowest BCUT2D eigenvalue weighted by atomic mass is 10.2. The molecule has 0 amide bonds. The average molecular weight is 260 g/mol. The Morgan fingerprint density at radius 1 is 1.32 bits per heavy atom. The second-order valence-electron chi connectivity index (χ2n) is 4.66. The molecule has 0 bridgehead atoms. The zero-order chi connectivity index (χ0) is 14.0. The number of aryl methyl sites for hydroxylation is 3. The van der Waals surface area contributed by atoms with Gasteiger partial charge in [0.25, 0.3) is 5.56 Å². The third-order valence-electron chi connectivity index (χ3n) is 3.27. The maximum absolute atomic E-state index is 11.9. The van der Waals surface area contributed by atoms with Crippen molar-refractivity contribution < 1.29 is 0 Å². The molecule has 19 heavy (non-hydrogen) atoms. The molecule has 0 aliphatic carbocycles. The van der Waals surface area contributed by atoms with Crippen molar-refractivity contribution in [3.8, 4) is 0 Å². The number of aromatic nitrogens is 3. The van der Waals surface area contributed by atoms with Crippen LogP contribution in [0.15, 0.2) is 23.0 Å². The van der Waals surface area contributed by atoms with Crippen LogP contribution in [0.3, 0.4) is 0 Å². The van der Waals surface area contributed by atoms with Gasteiger partial charge in [0.2, 0.25) is 0 Å². The summed E-state index contributed by atoms with van der Waals surface area (Å²) < 4.78 is 3.60. The smallest absolute Gasteiger partial charge is 0.251 e. The van der Waals surface area contributed by atoms with Gasteiger partial charge in [-0.2, -0.15) is 5.10 Å². The fourth-order valence-corrected chi connectivity index (χ4v) is 2.26. The Labute approximate surface area is 112 Å². The van der Waals surface area contributed by atoms with Crippen LogP contribution in [0.1, 0.15) is 23.9 Å². The summed E-state index contributed by atoms with van der Waals surface area (Å²) in [4.78, 5) is 11.9. The van der Waals surface area contributed by atoms with Crippen LogP contribution in [-0.4, -0.2) is 20.9 Å². The second kappa shape index (κ2) is 5.30. The van der Waals surface area contributed by atoms with Crippen LogP contribution >= 0.6 is 0 Å². The number of anilines is 1.